The van der Waals surface area contributed by atoms with Gasteiger partial charge in [-0.3, -0.25) is 4.98 Å². The standard InChI is InChI=1S/C11H18N4O/c1-14(2)11(15(3)4)13-8-9-10(16)6-5-7-12-9/h5-7,16H,8H2,1-4H3. The zero-order valence-corrected chi connectivity index (χ0v) is 10.2. The average molecular weight is 222 g/mol. The molecule has 0 aliphatic rings. The zero-order chi connectivity index (χ0) is 12.1. The summed E-state index contributed by atoms with van der Waals surface area (Å²) in [6, 6.07) is 3.31. The number of pyridine rings is 1. The molecular weight excluding hydrogens is 204 g/mol. The molecule has 5 heteroatoms. The van der Waals surface area contributed by atoms with Gasteiger partial charge in [-0.2, -0.15) is 0 Å². The van der Waals surface area contributed by atoms with E-state index in [1.807, 2.05) is 38.0 Å². The summed E-state index contributed by atoms with van der Waals surface area (Å²) in [5.41, 5.74) is 0.587. The van der Waals surface area contributed by atoms with E-state index in [9.17, 15) is 5.11 Å². The number of hydrogen-bond donors (Lipinski definition) is 1. The molecule has 0 bridgehead atoms. The molecule has 1 aromatic rings. The van der Waals surface area contributed by atoms with Crippen molar-refractivity contribution in [3.8, 4) is 5.75 Å². The van der Waals surface area contributed by atoms with Crippen LogP contribution in [0.2, 0.25) is 0 Å². The van der Waals surface area contributed by atoms with Gasteiger partial charge in [-0.15, -0.1) is 0 Å². The maximum absolute atomic E-state index is 9.54. The molecule has 0 aromatic carbocycles. The van der Waals surface area contributed by atoms with Crippen LogP contribution in [-0.4, -0.2) is 54.0 Å². The van der Waals surface area contributed by atoms with Crippen LogP contribution in [0.1, 0.15) is 5.69 Å². The van der Waals surface area contributed by atoms with Crippen molar-refractivity contribution in [1.29, 1.82) is 0 Å². The molecule has 0 spiro atoms. The molecular formula is C11H18N4O. The molecule has 0 radical (unpaired) electrons. The van der Waals surface area contributed by atoms with E-state index in [2.05, 4.69) is 9.98 Å². The van der Waals surface area contributed by atoms with Crippen LogP contribution in [0.25, 0.3) is 0 Å². The molecule has 0 fully saturated rings. The first kappa shape index (κ1) is 12.3. The fourth-order valence-corrected chi connectivity index (χ4v) is 1.38. The van der Waals surface area contributed by atoms with Crippen molar-refractivity contribution in [3.63, 3.8) is 0 Å². The molecule has 1 rings (SSSR count). The molecule has 0 aliphatic heterocycles. The number of nitrogens with zero attached hydrogens (tertiary/aromatic N) is 4. The number of aromatic nitrogens is 1. The van der Waals surface area contributed by atoms with Crippen LogP contribution in [-0.2, 0) is 6.54 Å². The van der Waals surface area contributed by atoms with Gasteiger partial charge in [-0.05, 0) is 12.1 Å². The van der Waals surface area contributed by atoms with E-state index >= 15 is 0 Å². The van der Waals surface area contributed by atoms with Gasteiger partial charge < -0.3 is 14.9 Å². The Morgan fingerprint density at radius 3 is 2.44 bits per heavy atom. The van der Waals surface area contributed by atoms with Gasteiger partial charge in [-0.25, -0.2) is 4.99 Å². The molecule has 1 heterocycles. The molecule has 0 aliphatic carbocycles. The van der Waals surface area contributed by atoms with Gasteiger partial charge in [0.2, 0.25) is 0 Å². The topological polar surface area (TPSA) is 52.0 Å². The Hall–Kier alpha value is -1.78. The van der Waals surface area contributed by atoms with Crippen LogP contribution in [0.4, 0.5) is 0 Å². The summed E-state index contributed by atoms with van der Waals surface area (Å²) >= 11 is 0. The second-order valence-electron chi connectivity index (χ2n) is 3.87. The number of hydrogen-bond acceptors (Lipinski definition) is 3. The minimum absolute atomic E-state index is 0.183. The zero-order valence-electron chi connectivity index (χ0n) is 10.2. The van der Waals surface area contributed by atoms with Crippen LogP contribution in [0.5, 0.6) is 5.75 Å². The molecule has 5 nitrogen and oxygen atoms in total. The van der Waals surface area contributed by atoms with E-state index in [-0.39, 0.29) is 5.75 Å². The molecule has 0 atom stereocenters. The minimum Gasteiger partial charge on any atom is -0.506 e. The van der Waals surface area contributed by atoms with Crippen molar-refractivity contribution < 1.29 is 5.11 Å². The Morgan fingerprint density at radius 1 is 1.31 bits per heavy atom. The number of aliphatic imine (C=N–C) groups is 1. The maximum atomic E-state index is 9.54. The van der Waals surface area contributed by atoms with Crippen LogP contribution in [0.15, 0.2) is 23.3 Å². The summed E-state index contributed by atoms with van der Waals surface area (Å²) in [5, 5.41) is 9.54. The van der Waals surface area contributed by atoms with Crippen molar-refractivity contribution >= 4 is 5.96 Å². The highest BCUT2D eigenvalue weighted by molar-refractivity contribution is 5.79. The maximum Gasteiger partial charge on any atom is 0.195 e. The van der Waals surface area contributed by atoms with Crippen LogP contribution >= 0.6 is 0 Å². The summed E-state index contributed by atoms with van der Waals surface area (Å²) in [6.07, 6.45) is 1.65. The number of aromatic hydroxyl groups is 1. The van der Waals surface area contributed by atoms with Crippen LogP contribution in [0, 0.1) is 0 Å². The predicted molar refractivity (Wildman–Crippen MR) is 64.4 cm³/mol. The Bertz CT molecular complexity index is 364. The van der Waals surface area contributed by atoms with Crippen molar-refractivity contribution in [2.45, 2.75) is 6.54 Å². The van der Waals surface area contributed by atoms with Gasteiger partial charge in [0, 0.05) is 34.4 Å². The fourth-order valence-electron chi connectivity index (χ4n) is 1.38. The fraction of sp³-hybridized carbons (Fsp3) is 0.455. The smallest absolute Gasteiger partial charge is 0.195 e. The molecule has 0 saturated heterocycles. The van der Waals surface area contributed by atoms with Crippen LogP contribution in [0.3, 0.4) is 0 Å². The van der Waals surface area contributed by atoms with Crippen LogP contribution < -0.4 is 0 Å². The summed E-state index contributed by atoms with van der Waals surface area (Å²) in [7, 11) is 7.71. The van der Waals surface area contributed by atoms with Gasteiger partial charge in [0.15, 0.2) is 5.96 Å². The van der Waals surface area contributed by atoms with Gasteiger partial charge in [0.25, 0.3) is 0 Å². The highest BCUT2D eigenvalue weighted by Gasteiger charge is 2.05. The minimum atomic E-state index is 0.183. The van der Waals surface area contributed by atoms with Gasteiger partial charge in [0.1, 0.15) is 11.4 Å². The third-order valence-corrected chi connectivity index (χ3v) is 2.04. The molecule has 1 aromatic heterocycles. The number of guanidine groups is 1. The van der Waals surface area contributed by atoms with Gasteiger partial charge in [-0.1, -0.05) is 0 Å². The monoisotopic (exact) mass is 222 g/mol. The van der Waals surface area contributed by atoms with Crippen molar-refractivity contribution in [3.05, 3.63) is 24.0 Å². The van der Waals surface area contributed by atoms with E-state index in [0.717, 1.165) is 5.96 Å². The Kier molecular flexibility index (Phi) is 4.10. The summed E-state index contributed by atoms with van der Waals surface area (Å²) in [6.45, 7) is 0.373. The Morgan fingerprint density at radius 2 is 1.94 bits per heavy atom. The molecule has 0 amide bonds. The molecule has 1 N–H and O–H groups in total. The second-order valence-corrected chi connectivity index (χ2v) is 3.87. The SMILES string of the molecule is CN(C)C(=NCc1ncccc1O)N(C)C. The molecule has 0 unspecified atom stereocenters. The predicted octanol–water partition coefficient (Wildman–Crippen LogP) is 0.766. The summed E-state index contributed by atoms with van der Waals surface area (Å²) < 4.78 is 0. The molecule has 16 heavy (non-hydrogen) atoms. The molecule has 88 valence electrons. The average Bonchev–Trinajstić information content (AvgIpc) is 2.20. The van der Waals surface area contributed by atoms with E-state index in [4.69, 9.17) is 0 Å². The highest BCUT2D eigenvalue weighted by Crippen LogP contribution is 2.13. The van der Waals surface area contributed by atoms with E-state index in [1.165, 1.54) is 0 Å². The Balaban J connectivity index is 2.82. The largest absolute Gasteiger partial charge is 0.506 e. The summed E-state index contributed by atoms with van der Waals surface area (Å²) in [5.74, 6) is 1.02. The Labute approximate surface area is 96.0 Å². The third-order valence-electron chi connectivity index (χ3n) is 2.04. The first-order chi connectivity index (χ1) is 7.52. The number of rotatable bonds is 2. The highest BCUT2D eigenvalue weighted by atomic mass is 16.3. The first-order valence-electron chi connectivity index (χ1n) is 5.04. The van der Waals surface area contributed by atoms with E-state index < -0.39 is 0 Å². The normalized spacial score (nSPS) is 9.75. The quantitative estimate of drug-likeness (QED) is 0.593. The van der Waals surface area contributed by atoms with Crippen molar-refractivity contribution in [1.82, 2.24) is 14.8 Å². The lowest BCUT2D eigenvalue weighted by Gasteiger charge is -2.22. The van der Waals surface area contributed by atoms with E-state index in [1.54, 1.807) is 18.3 Å². The first-order valence-corrected chi connectivity index (χ1v) is 5.04. The lowest BCUT2D eigenvalue weighted by molar-refractivity contribution is 0.460. The third kappa shape index (κ3) is 3.12. The lowest BCUT2D eigenvalue weighted by atomic mass is 10.3. The summed E-state index contributed by atoms with van der Waals surface area (Å²) in [4.78, 5) is 12.3. The van der Waals surface area contributed by atoms with E-state index in [0.29, 0.717) is 12.2 Å². The second kappa shape index (κ2) is 5.34. The molecule has 0 saturated carbocycles. The van der Waals surface area contributed by atoms with Crippen molar-refractivity contribution in [2.24, 2.45) is 4.99 Å². The lowest BCUT2D eigenvalue weighted by Crippen LogP contribution is -2.35. The van der Waals surface area contributed by atoms with Gasteiger partial charge in [0.05, 0.1) is 6.54 Å². The van der Waals surface area contributed by atoms with Gasteiger partial charge >= 0.3 is 0 Å². The van der Waals surface area contributed by atoms with Crippen molar-refractivity contribution in [2.75, 3.05) is 28.2 Å².